The molecule has 0 atom stereocenters. The maximum Gasteiger partial charge on any atom is 0.366 e. The van der Waals surface area contributed by atoms with E-state index in [4.69, 9.17) is 5.14 Å². The molecule has 0 heterocycles. The number of nitrogens with one attached hydrogen (secondary N) is 1. The number of hydrogen-bond donors (Lipinski definition) is 2. The first kappa shape index (κ1) is 10.9. The highest BCUT2D eigenvalue weighted by Gasteiger charge is 2.27. The largest absolute Gasteiger partial charge is 0.366 e. The Morgan fingerprint density at radius 2 is 1.36 bits per heavy atom. The quantitative estimate of drug-likeness (QED) is 0.580. The van der Waals surface area contributed by atoms with Crippen molar-refractivity contribution >= 4 is 10.2 Å². The van der Waals surface area contributed by atoms with E-state index in [0.717, 1.165) is 0 Å². The molecule has 0 bridgehead atoms. The second kappa shape index (κ2) is 3.51. The van der Waals surface area contributed by atoms with E-state index in [9.17, 15) is 8.42 Å². The molecule has 0 aromatic rings. The highest BCUT2D eigenvalue weighted by molar-refractivity contribution is 7.82. The molecule has 0 aliphatic heterocycles. The summed E-state index contributed by atoms with van der Waals surface area (Å²) in [6.07, 6.45) is 0. The second-order valence-electron chi connectivity index (χ2n) is 3.26. The monoisotopic (exact) mass is 181 g/mol. The molecule has 0 aliphatic carbocycles. The van der Waals surface area contributed by atoms with Gasteiger partial charge < -0.3 is 0 Å². The van der Waals surface area contributed by atoms with Crippen molar-refractivity contribution in [3.8, 4) is 0 Å². The molecule has 0 aliphatic rings. The molecule has 11 heavy (non-hydrogen) atoms. The van der Waals surface area contributed by atoms with E-state index in [0.29, 0.717) is 4.31 Å². The third-order valence-corrected chi connectivity index (χ3v) is 3.07. The van der Waals surface area contributed by atoms with Gasteiger partial charge in [0.05, 0.1) is 12.1 Å². The fraction of sp³-hybridized carbons (Fsp3) is 1.00. The fourth-order valence-corrected chi connectivity index (χ4v) is 2.64. The van der Waals surface area contributed by atoms with Crippen LogP contribution in [-0.4, -0.2) is 20.5 Å². The van der Waals surface area contributed by atoms with Crippen LogP contribution < -0.4 is 9.44 Å². The van der Waals surface area contributed by atoms with E-state index in [1.165, 1.54) is 0 Å². The molecular formula is C6H17N2O2S+. The van der Waals surface area contributed by atoms with Gasteiger partial charge in [0.25, 0.3) is 0 Å². The highest BCUT2D eigenvalue weighted by Crippen LogP contribution is 1.78. The van der Waals surface area contributed by atoms with E-state index >= 15 is 0 Å². The van der Waals surface area contributed by atoms with Gasteiger partial charge in [0.1, 0.15) is 0 Å². The summed E-state index contributed by atoms with van der Waals surface area (Å²) in [7, 11) is -3.45. The molecule has 0 aromatic carbocycles. The Balaban J connectivity index is 4.64. The topological polar surface area (TPSA) is 64.6 Å². The van der Waals surface area contributed by atoms with Crippen LogP contribution in [0, 0.1) is 0 Å². The number of quaternary nitrogens is 1. The van der Waals surface area contributed by atoms with E-state index < -0.39 is 10.2 Å². The zero-order valence-electron chi connectivity index (χ0n) is 7.46. The lowest BCUT2D eigenvalue weighted by atomic mass is 10.3. The van der Waals surface area contributed by atoms with Crippen molar-refractivity contribution in [2.45, 2.75) is 39.8 Å². The number of hydrogen-bond acceptors (Lipinski definition) is 2. The molecule has 0 saturated carbocycles. The van der Waals surface area contributed by atoms with Crippen LogP contribution in [0.15, 0.2) is 0 Å². The summed E-state index contributed by atoms with van der Waals surface area (Å²) in [6.45, 7) is 7.33. The summed E-state index contributed by atoms with van der Waals surface area (Å²) in [4.78, 5) is 0. The molecule has 0 unspecified atom stereocenters. The molecule has 4 nitrogen and oxygen atoms in total. The van der Waals surface area contributed by atoms with Crippen molar-refractivity contribution < 1.29 is 12.7 Å². The van der Waals surface area contributed by atoms with Crippen molar-refractivity contribution in [3.05, 3.63) is 0 Å². The Hall–Kier alpha value is -0.130. The summed E-state index contributed by atoms with van der Waals surface area (Å²) in [5.74, 6) is 0. The Labute approximate surface area is 68.6 Å². The molecule has 0 spiro atoms. The van der Waals surface area contributed by atoms with Crippen LogP contribution in [0.25, 0.3) is 0 Å². The smallest absolute Gasteiger partial charge is 0.212 e. The molecule has 0 amide bonds. The van der Waals surface area contributed by atoms with Gasteiger partial charge in [-0.3, -0.25) is 0 Å². The van der Waals surface area contributed by atoms with E-state index in [1.807, 2.05) is 27.7 Å². The zero-order valence-corrected chi connectivity index (χ0v) is 8.27. The normalized spacial score (nSPS) is 13.5. The third kappa shape index (κ3) is 3.18. The molecule has 5 heteroatoms. The van der Waals surface area contributed by atoms with Crippen LogP contribution in [0.5, 0.6) is 0 Å². The molecule has 0 fully saturated rings. The lowest BCUT2D eigenvalue weighted by molar-refractivity contribution is -0.816. The van der Waals surface area contributed by atoms with Crippen LogP contribution >= 0.6 is 0 Å². The molecule has 3 N–H and O–H groups in total. The van der Waals surface area contributed by atoms with Gasteiger partial charge in [0.2, 0.25) is 0 Å². The van der Waals surface area contributed by atoms with Crippen molar-refractivity contribution in [2.24, 2.45) is 5.14 Å². The Kier molecular flexibility index (Phi) is 3.47. The van der Waals surface area contributed by atoms with E-state index in [2.05, 4.69) is 0 Å². The van der Waals surface area contributed by atoms with Crippen molar-refractivity contribution in [3.63, 3.8) is 0 Å². The first-order valence-corrected chi connectivity index (χ1v) is 5.21. The van der Waals surface area contributed by atoms with Gasteiger partial charge in [0.15, 0.2) is 0 Å². The minimum atomic E-state index is -3.45. The number of rotatable bonds is 3. The van der Waals surface area contributed by atoms with Crippen LogP contribution in [0.3, 0.4) is 0 Å². The van der Waals surface area contributed by atoms with Gasteiger partial charge in [-0.15, -0.1) is 0 Å². The Morgan fingerprint density at radius 1 is 1.09 bits per heavy atom. The summed E-state index contributed by atoms with van der Waals surface area (Å²) in [6, 6.07) is 0.00926. The van der Waals surface area contributed by atoms with Crippen molar-refractivity contribution in [1.29, 1.82) is 0 Å². The van der Waals surface area contributed by atoms with Crippen LogP contribution in [0.2, 0.25) is 0 Å². The van der Waals surface area contributed by atoms with Gasteiger partial charge >= 0.3 is 10.2 Å². The fourth-order valence-electron chi connectivity index (χ4n) is 1.32. The molecule has 0 rings (SSSR count). The van der Waals surface area contributed by atoms with Crippen LogP contribution in [-0.2, 0) is 10.2 Å². The predicted molar refractivity (Wildman–Crippen MR) is 44.3 cm³/mol. The first-order valence-electron chi connectivity index (χ1n) is 3.66. The average Bonchev–Trinajstić information content (AvgIpc) is 1.54. The Bertz CT molecular complexity index is 201. The van der Waals surface area contributed by atoms with Gasteiger partial charge in [-0.1, -0.05) is 0 Å². The van der Waals surface area contributed by atoms with Crippen LogP contribution in [0.1, 0.15) is 27.7 Å². The summed E-state index contributed by atoms with van der Waals surface area (Å²) >= 11 is 0. The minimum absolute atomic E-state index is 0.00463. The SMILES string of the molecule is CC(C)[NH+](C(C)C)S(N)(=O)=O. The Morgan fingerprint density at radius 3 is 1.36 bits per heavy atom. The first-order chi connectivity index (χ1) is 4.76. The zero-order chi connectivity index (χ0) is 9.23. The van der Waals surface area contributed by atoms with Crippen LogP contribution in [0.4, 0.5) is 0 Å². The maximum absolute atomic E-state index is 11.0. The summed E-state index contributed by atoms with van der Waals surface area (Å²) in [5.41, 5.74) is 0. The van der Waals surface area contributed by atoms with E-state index in [1.54, 1.807) is 0 Å². The lowest BCUT2D eigenvalue weighted by Crippen LogP contribution is -3.20. The van der Waals surface area contributed by atoms with Gasteiger partial charge in [-0.2, -0.15) is 13.6 Å². The average molecular weight is 181 g/mol. The standard InChI is InChI=1S/C6H16N2O2S/c1-5(2)8(6(3)4)11(7,9)10/h5-6H,1-4H3,(H2,7,9,10)/p+1. The predicted octanol–water partition coefficient (Wildman–Crippen LogP) is -1.11. The van der Waals surface area contributed by atoms with Gasteiger partial charge in [-0.05, 0) is 27.7 Å². The summed E-state index contributed by atoms with van der Waals surface area (Å²) < 4.78 is 22.3. The number of nitrogens with two attached hydrogens (primary N) is 1. The molecular weight excluding hydrogens is 164 g/mol. The highest BCUT2D eigenvalue weighted by atomic mass is 32.2. The lowest BCUT2D eigenvalue weighted by Gasteiger charge is -2.23. The van der Waals surface area contributed by atoms with Gasteiger partial charge in [0, 0.05) is 0 Å². The molecule has 0 aromatic heterocycles. The van der Waals surface area contributed by atoms with E-state index in [-0.39, 0.29) is 12.1 Å². The minimum Gasteiger partial charge on any atom is -0.212 e. The maximum atomic E-state index is 11.0. The van der Waals surface area contributed by atoms with Gasteiger partial charge in [-0.25, -0.2) is 4.31 Å². The summed E-state index contributed by atoms with van der Waals surface area (Å²) in [5, 5.41) is 5.02. The second-order valence-corrected chi connectivity index (χ2v) is 4.82. The third-order valence-electron chi connectivity index (χ3n) is 1.47. The van der Waals surface area contributed by atoms with Crippen molar-refractivity contribution in [2.75, 3.05) is 0 Å². The molecule has 0 saturated heterocycles. The van der Waals surface area contributed by atoms with Crippen molar-refractivity contribution in [1.82, 2.24) is 0 Å². The molecule has 68 valence electrons. The molecule has 0 radical (unpaired) electrons.